The lowest BCUT2D eigenvalue weighted by molar-refractivity contribution is -0.136. The van der Waals surface area contributed by atoms with Crippen LogP contribution < -0.4 is 29.1 Å². The number of esters is 1. The second-order valence-corrected chi connectivity index (χ2v) is 9.73. The first-order chi connectivity index (χ1) is 17.9. The zero-order valence-electron chi connectivity index (χ0n) is 20.9. The van der Waals surface area contributed by atoms with E-state index in [9.17, 15) is 9.59 Å². The normalized spacial score (nSPS) is 14.9. The quantitative estimate of drug-likeness (QED) is 0.352. The molecular formula is C27H27BrN2O6S. The van der Waals surface area contributed by atoms with Gasteiger partial charge in [-0.1, -0.05) is 23.5 Å². The molecule has 2 heterocycles. The third-order valence-corrected chi connectivity index (χ3v) is 7.18. The van der Waals surface area contributed by atoms with E-state index in [1.54, 1.807) is 18.2 Å². The molecule has 0 amide bonds. The first-order valence-electron chi connectivity index (χ1n) is 11.8. The summed E-state index contributed by atoms with van der Waals surface area (Å²) in [6.07, 6.45) is 3.27. The number of carbonyl (C=O) groups is 1. The molecule has 194 valence electrons. The smallest absolute Gasteiger partial charge is 0.337 e. The molecule has 0 fully saturated rings. The van der Waals surface area contributed by atoms with Crippen LogP contribution in [0.15, 0.2) is 62.4 Å². The number of halogens is 1. The van der Waals surface area contributed by atoms with Crippen LogP contribution >= 0.6 is 27.3 Å². The predicted molar refractivity (Wildman–Crippen MR) is 145 cm³/mol. The van der Waals surface area contributed by atoms with Gasteiger partial charge in [0.05, 0.1) is 47.6 Å². The number of ether oxygens (including phenoxy) is 4. The number of rotatable bonds is 9. The fourth-order valence-corrected chi connectivity index (χ4v) is 5.50. The first-order valence-corrected chi connectivity index (χ1v) is 13.4. The summed E-state index contributed by atoms with van der Waals surface area (Å²) in [5.74, 6) is 1.28. The minimum absolute atomic E-state index is 0.247. The van der Waals surface area contributed by atoms with E-state index in [4.69, 9.17) is 18.9 Å². The second kappa shape index (κ2) is 11.8. The summed E-state index contributed by atoms with van der Waals surface area (Å²) < 4.78 is 24.9. The fraction of sp³-hybridized carbons (Fsp3) is 0.296. The Morgan fingerprint density at radius 1 is 1.03 bits per heavy atom. The molecule has 1 atom stereocenters. The van der Waals surface area contributed by atoms with Gasteiger partial charge in [0.15, 0.2) is 16.3 Å². The molecule has 10 heteroatoms. The highest BCUT2D eigenvalue weighted by Crippen LogP contribution is 2.35. The summed E-state index contributed by atoms with van der Waals surface area (Å²) in [7, 11) is 1.30. The first kappa shape index (κ1) is 26.7. The number of fused-ring (bicyclic) bond motifs is 1. The minimum atomic E-state index is -0.743. The van der Waals surface area contributed by atoms with Gasteiger partial charge < -0.3 is 18.9 Å². The van der Waals surface area contributed by atoms with Crippen molar-refractivity contribution in [2.24, 2.45) is 4.99 Å². The maximum absolute atomic E-state index is 13.7. The lowest BCUT2D eigenvalue weighted by Gasteiger charge is -2.23. The average molecular weight is 587 g/mol. The van der Waals surface area contributed by atoms with Gasteiger partial charge in [-0.05, 0) is 78.2 Å². The molecule has 4 rings (SSSR count). The lowest BCUT2D eigenvalue weighted by atomic mass is 9.97. The fourth-order valence-electron chi connectivity index (χ4n) is 4.02. The molecule has 0 saturated carbocycles. The van der Waals surface area contributed by atoms with Gasteiger partial charge >= 0.3 is 5.97 Å². The number of thiazole rings is 1. The Bertz CT molecular complexity index is 1520. The van der Waals surface area contributed by atoms with Gasteiger partial charge in [-0.15, -0.1) is 0 Å². The van der Waals surface area contributed by atoms with Crippen LogP contribution in [0.2, 0.25) is 0 Å². The van der Waals surface area contributed by atoms with Crippen LogP contribution in [0.5, 0.6) is 17.2 Å². The van der Waals surface area contributed by atoms with E-state index in [0.29, 0.717) is 46.2 Å². The molecule has 0 radical (unpaired) electrons. The Kier molecular flexibility index (Phi) is 8.50. The molecule has 8 nitrogen and oxygen atoms in total. The Labute approximate surface area is 226 Å². The van der Waals surface area contributed by atoms with Crippen molar-refractivity contribution in [2.45, 2.75) is 26.8 Å². The maximum Gasteiger partial charge on any atom is 0.337 e. The third-order valence-electron chi connectivity index (χ3n) is 5.56. The van der Waals surface area contributed by atoms with Gasteiger partial charge in [-0.25, -0.2) is 9.79 Å². The zero-order valence-corrected chi connectivity index (χ0v) is 23.4. The van der Waals surface area contributed by atoms with Gasteiger partial charge in [0.1, 0.15) is 5.75 Å². The highest BCUT2D eigenvalue weighted by atomic mass is 79.9. The molecule has 0 N–H and O–H groups in total. The van der Waals surface area contributed by atoms with E-state index < -0.39 is 12.0 Å². The van der Waals surface area contributed by atoms with Crippen molar-refractivity contribution < 1.29 is 23.7 Å². The van der Waals surface area contributed by atoms with E-state index in [2.05, 4.69) is 20.9 Å². The van der Waals surface area contributed by atoms with E-state index >= 15 is 0 Å². The number of carbonyl (C=O) groups excluding carboxylic acids is 1. The van der Waals surface area contributed by atoms with E-state index in [1.807, 2.05) is 45.0 Å². The summed E-state index contributed by atoms with van der Waals surface area (Å²) in [6.45, 7) is 7.15. The molecule has 37 heavy (non-hydrogen) atoms. The van der Waals surface area contributed by atoms with Crippen LogP contribution in [0.4, 0.5) is 0 Å². The summed E-state index contributed by atoms with van der Waals surface area (Å²) in [4.78, 5) is 31.3. The van der Waals surface area contributed by atoms with Crippen molar-refractivity contribution in [1.29, 1.82) is 0 Å². The van der Waals surface area contributed by atoms with E-state index in [-0.39, 0.29) is 11.1 Å². The van der Waals surface area contributed by atoms with Crippen LogP contribution in [-0.4, -0.2) is 37.5 Å². The van der Waals surface area contributed by atoms with Crippen LogP contribution in [-0.2, 0) is 9.53 Å². The van der Waals surface area contributed by atoms with Crippen molar-refractivity contribution in [3.05, 3.63) is 83.5 Å². The van der Waals surface area contributed by atoms with Crippen molar-refractivity contribution in [2.75, 3.05) is 26.9 Å². The topological polar surface area (TPSA) is 88.3 Å². The predicted octanol–water partition coefficient (Wildman–Crippen LogP) is 3.98. The highest BCUT2D eigenvalue weighted by molar-refractivity contribution is 9.10. The highest BCUT2D eigenvalue weighted by Gasteiger charge is 2.31. The van der Waals surface area contributed by atoms with Gasteiger partial charge in [0.2, 0.25) is 0 Å². The molecule has 0 aliphatic carbocycles. The molecule has 0 saturated heterocycles. The molecule has 1 aromatic heterocycles. The Hall–Kier alpha value is -3.37. The average Bonchev–Trinajstić information content (AvgIpc) is 3.21. The molecule has 3 aromatic rings. The summed E-state index contributed by atoms with van der Waals surface area (Å²) >= 11 is 4.77. The number of nitrogens with zero attached hydrogens (tertiary/aromatic N) is 2. The molecule has 0 spiro atoms. The second-order valence-electron chi connectivity index (χ2n) is 7.87. The SMILES string of the molecule is CCOc1ccc(/C=c2\sc3n(c2=O)[C@H](c2ccc(OCC)c(OCC)c2)C(C(=O)OC)=CN=3)cc1Br. The third kappa shape index (κ3) is 5.50. The van der Waals surface area contributed by atoms with E-state index in [0.717, 1.165) is 15.8 Å². The zero-order chi connectivity index (χ0) is 26.5. The molecule has 0 unspecified atom stereocenters. The number of hydrogen-bond donors (Lipinski definition) is 0. The minimum Gasteiger partial charge on any atom is -0.493 e. The van der Waals surface area contributed by atoms with E-state index in [1.165, 1.54) is 29.2 Å². The Morgan fingerprint density at radius 2 is 1.70 bits per heavy atom. The Balaban J connectivity index is 1.86. The number of methoxy groups -OCH3 is 1. The Morgan fingerprint density at radius 3 is 2.38 bits per heavy atom. The maximum atomic E-state index is 13.7. The van der Waals surface area contributed by atoms with Crippen molar-refractivity contribution in [3.63, 3.8) is 0 Å². The summed E-state index contributed by atoms with van der Waals surface area (Å²) in [5.41, 5.74) is 1.48. The lowest BCUT2D eigenvalue weighted by Crippen LogP contribution is -2.39. The summed E-state index contributed by atoms with van der Waals surface area (Å²) in [6, 6.07) is 10.3. The van der Waals surface area contributed by atoms with Crippen LogP contribution in [0.25, 0.3) is 6.08 Å². The summed E-state index contributed by atoms with van der Waals surface area (Å²) in [5, 5.41) is 0. The largest absolute Gasteiger partial charge is 0.493 e. The molecule has 0 bridgehead atoms. The monoisotopic (exact) mass is 586 g/mol. The van der Waals surface area contributed by atoms with Gasteiger partial charge in [0, 0.05) is 6.20 Å². The number of hydrogen-bond acceptors (Lipinski definition) is 8. The molecule has 2 aromatic carbocycles. The number of aromatic nitrogens is 1. The molecule has 1 aliphatic heterocycles. The van der Waals surface area contributed by atoms with Crippen molar-refractivity contribution in [3.8, 4) is 17.2 Å². The van der Waals surface area contributed by atoms with Gasteiger partial charge in [-0.2, -0.15) is 0 Å². The van der Waals surface area contributed by atoms with Crippen LogP contribution in [0, 0.1) is 0 Å². The van der Waals surface area contributed by atoms with Crippen LogP contribution in [0.3, 0.4) is 0 Å². The van der Waals surface area contributed by atoms with Crippen LogP contribution in [0.1, 0.15) is 37.9 Å². The van der Waals surface area contributed by atoms with Crippen molar-refractivity contribution in [1.82, 2.24) is 4.57 Å². The molecule has 1 aliphatic rings. The standard InChI is InChI=1S/C27H27BrN2O6S/c1-5-34-20-10-8-16(12-19(20)28)13-23-25(31)30-24(18(26(32)33-4)15-29-27(30)37-23)17-9-11-21(35-6-2)22(14-17)36-7-3/h8-15,24H,5-7H2,1-4H3/b23-13-/t24-/m1/s1. The van der Waals surface area contributed by atoms with Gasteiger partial charge in [-0.3, -0.25) is 9.36 Å². The van der Waals surface area contributed by atoms with Gasteiger partial charge in [0.25, 0.3) is 5.56 Å². The number of benzene rings is 2. The molecular weight excluding hydrogens is 560 g/mol. The van der Waals surface area contributed by atoms with Crippen molar-refractivity contribution >= 4 is 39.3 Å².